The van der Waals surface area contributed by atoms with E-state index >= 15 is 0 Å². The molecule has 0 fully saturated rings. The van der Waals surface area contributed by atoms with Crippen LogP contribution in [0.25, 0.3) is 0 Å². The number of carboxylic acids is 1. The van der Waals surface area contributed by atoms with Crippen molar-refractivity contribution in [1.29, 1.82) is 0 Å². The smallest absolute Gasteiger partial charge is 0.336 e. The molecule has 2 N–H and O–H groups in total. The normalized spacial score (nSPS) is 10.3. The van der Waals surface area contributed by atoms with Crippen molar-refractivity contribution in [3.8, 4) is 0 Å². The number of nitrogens with zero attached hydrogens (tertiary/aromatic N) is 1. The minimum absolute atomic E-state index is 0.252. The maximum absolute atomic E-state index is 10.9. The minimum Gasteiger partial charge on any atom is -0.478 e. The van der Waals surface area contributed by atoms with Crippen LogP contribution in [0.15, 0.2) is 41.0 Å². The van der Waals surface area contributed by atoms with Gasteiger partial charge in [-0.1, -0.05) is 13.0 Å². The maximum atomic E-state index is 10.9. The van der Waals surface area contributed by atoms with Gasteiger partial charge in [0, 0.05) is 16.4 Å². The third kappa shape index (κ3) is 3.36. The first-order chi connectivity index (χ1) is 9.61. The fraction of sp³-hybridized carbons (Fsp3) is 0.200. The molecule has 2 aromatic rings. The molecule has 0 amide bonds. The molecule has 20 heavy (non-hydrogen) atoms. The molecule has 1 aromatic heterocycles. The molecule has 0 unspecified atom stereocenters. The number of rotatable bonds is 5. The van der Waals surface area contributed by atoms with Crippen molar-refractivity contribution in [1.82, 2.24) is 4.98 Å². The first-order valence-electron chi connectivity index (χ1n) is 6.31. The predicted octanol–water partition coefficient (Wildman–Crippen LogP) is 3.72. The molecule has 0 aliphatic carbocycles. The van der Waals surface area contributed by atoms with E-state index in [1.165, 1.54) is 5.56 Å². The van der Waals surface area contributed by atoms with Crippen LogP contribution in [-0.4, -0.2) is 16.1 Å². The molecule has 0 spiro atoms. The predicted molar refractivity (Wildman–Crippen MR) is 82.0 cm³/mol. The van der Waals surface area contributed by atoms with E-state index in [1.54, 1.807) is 24.4 Å². The topological polar surface area (TPSA) is 62.2 Å². The fourth-order valence-electron chi connectivity index (χ4n) is 1.94. The van der Waals surface area contributed by atoms with Crippen molar-refractivity contribution in [3.63, 3.8) is 0 Å². The van der Waals surface area contributed by atoms with Crippen LogP contribution in [0.4, 0.5) is 5.69 Å². The lowest BCUT2D eigenvalue weighted by Gasteiger charge is -2.10. The molecule has 0 radical (unpaired) electrons. The third-order valence-electron chi connectivity index (χ3n) is 3.02. The summed E-state index contributed by atoms with van der Waals surface area (Å²) in [4.78, 5) is 15.3. The molecule has 4 nitrogen and oxygen atoms in total. The van der Waals surface area contributed by atoms with Gasteiger partial charge in [-0.15, -0.1) is 0 Å². The molecule has 104 valence electrons. The average Bonchev–Trinajstić information content (AvgIpc) is 2.45. The summed E-state index contributed by atoms with van der Waals surface area (Å²) in [5.41, 5.74) is 3.33. The molecule has 0 atom stereocenters. The molecule has 5 heteroatoms. The van der Waals surface area contributed by atoms with Crippen LogP contribution in [0.2, 0.25) is 0 Å². The zero-order valence-corrected chi connectivity index (χ0v) is 12.6. The Morgan fingerprint density at radius 1 is 1.40 bits per heavy atom. The number of halogens is 1. The van der Waals surface area contributed by atoms with Crippen molar-refractivity contribution in [2.24, 2.45) is 0 Å². The number of nitrogens with one attached hydrogen (secondary N) is 1. The number of hydrogen-bond donors (Lipinski definition) is 2. The summed E-state index contributed by atoms with van der Waals surface area (Å²) in [6.45, 7) is 2.71. The highest BCUT2D eigenvalue weighted by atomic mass is 79.9. The zero-order valence-electron chi connectivity index (χ0n) is 11.1. The van der Waals surface area contributed by atoms with Crippen molar-refractivity contribution < 1.29 is 9.90 Å². The Hall–Kier alpha value is -1.88. The Bertz CT molecular complexity index is 629. The summed E-state index contributed by atoms with van der Waals surface area (Å²) in [7, 11) is 0. The first-order valence-corrected chi connectivity index (χ1v) is 7.10. The second kappa shape index (κ2) is 6.52. The molecule has 0 aliphatic heterocycles. The monoisotopic (exact) mass is 334 g/mol. The van der Waals surface area contributed by atoms with Crippen LogP contribution < -0.4 is 5.32 Å². The SMILES string of the molecule is CCc1cccnc1CNc1ccc(C(=O)O)c(Br)c1. The van der Waals surface area contributed by atoms with Crippen LogP contribution in [0, 0.1) is 0 Å². The van der Waals surface area contributed by atoms with E-state index in [9.17, 15) is 4.79 Å². The zero-order chi connectivity index (χ0) is 14.5. The fourth-order valence-corrected chi connectivity index (χ4v) is 2.49. The van der Waals surface area contributed by atoms with Gasteiger partial charge in [0.15, 0.2) is 0 Å². The summed E-state index contributed by atoms with van der Waals surface area (Å²) < 4.78 is 0.562. The number of carboxylic acid groups (broad SMARTS) is 1. The van der Waals surface area contributed by atoms with Gasteiger partial charge in [0.05, 0.1) is 17.8 Å². The molecular formula is C15H15BrN2O2. The van der Waals surface area contributed by atoms with E-state index in [4.69, 9.17) is 5.11 Å². The molecule has 0 bridgehead atoms. The highest BCUT2D eigenvalue weighted by molar-refractivity contribution is 9.10. The lowest BCUT2D eigenvalue weighted by atomic mass is 10.1. The number of aromatic nitrogens is 1. The van der Waals surface area contributed by atoms with Crippen molar-refractivity contribution in [2.75, 3.05) is 5.32 Å². The van der Waals surface area contributed by atoms with E-state index in [0.29, 0.717) is 11.0 Å². The molecule has 1 heterocycles. The molecule has 0 aliphatic rings. The van der Waals surface area contributed by atoms with Gasteiger partial charge in [-0.25, -0.2) is 4.79 Å². The van der Waals surface area contributed by atoms with Gasteiger partial charge >= 0.3 is 5.97 Å². The Kier molecular flexibility index (Phi) is 4.74. The van der Waals surface area contributed by atoms with Crippen LogP contribution in [0.3, 0.4) is 0 Å². The summed E-state index contributed by atoms with van der Waals surface area (Å²) in [5, 5.41) is 12.2. The highest BCUT2D eigenvalue weighted by Crippen LogP contribution is 2.22. The first kappa shape index (κ1) is 14.5. The molecule has 2 rings (SSSR count). The Morgan fingerprint density at radius 3 is 2.85 bits per heavy atom. The van der Waals surface area contributed by atoms with Crippen LogP contribution in [-0.2, 0) is 13.0 Å². The van der Waals surface area contributed by atoms with Crippen LogP contribution in [0.1, 0.15) is 28.5 Å². The van der Waals surface area contributed by atoms with Crippen molar-refractivity contribution in [3.05, 3.63) is 57.8 Å². The van der Waals surface area contributed by atoms with Gasteiger partial charge in [0.1, 0.15) is 0 Å². The summed E-state index contributed by atoms with van der Waals surface area (Å²) in [6, 6.07) is 9.09. The summed E-state index contributed by atoms with van der Waals surface area (Å²) in [6.07, 6.45) is 2.71. The quantitative estimate of drug-likeness (QED) is 0.874. The molecule has 1 aromatic carbocycles. The van der Waals surface area contributed by atoms with E-state index in [1.807, 2.05) is 6.07 Å². The van der Waals surface area contributed by atoms with Gasteiger partial charge in [0.2, 0.25) is 0 Å². The second-order valence-corrected chi connectivity index (χ2v) is 5.17. The lowest BCUT2D eigenvalue weighted by molar-refractivity contribution is 0.0696. The second-order valence-electron chi connectivity index (χ2n) is 4.32. The van der Waals surface area contributed by atoms with Crippen LogP contribution >= 0.6 is 15.9 Å². The van der Waals surface area contributed by atoms with E-state index in [0.717, 1.165) is 17.8 Å². The Morgan fingerprint density at radius 2 is 2.20 bits per heavy atom. The number of carbonyl (C=O) groups is 1. The maximum Gasteiger partial charge on any atom is 0.336 e. The molecule has 0 saturated carbocycles. The lowest BCUT2D eigenvalue weighted by Crippen LogP contribution is -2.05. The standard InChI is InChI=1S/C15H15BrN2O2/c1-2-10-4-3-7-17-14(10)9-18-11-5-6-12(15(19)20)13(16)8-11/h3-8,18H,2,9H2,1H3,(H,19,20). The summed E-state index contributed by atoms with van der Waals surface area (Å²) in [5.74, 6) is -0.943. The summed E-state index contributed by atoms with van der Waals surface area (Å²) >= 11 is 3.27. The largest absolute Gasteiger partial charge is 0.478 e. The van der Waals surface area contributed by atoms with Gasteiger partial charge in [-0.2, -0.15) is 0 Å². The molecular weight excluding hydrogens is 320 g/mol. The highest BCUT2D eigenvalue weighted by Gasteiger charge is 2.08. The van der Waals surface area contributed by atoms with Gasteiger partial charge in [-0.05, 0) is 52.2 Å². The van der Waals surface area contributed by atoms with Crippen LogP contribution in [0.5, 0.6) is 0 Å². The Labute approximate surface area is 126 Å². The van der Waals surface area contributed by atoms with Gasteiger partial charge < -0.3 is 10.4 Å². The third-order valence-corrected chi connectivity index (χ3v) is 3.68. The van der Waals surface area contributed by atoms with E-state index < -0.39 is 5.97 Å². The minimum atomic E-state index is -0.943. The van der Waals surface area contributed by atoms with Gasteiger partial charge in [0.25, 0.3) is 0 Å². The molecule has 0 saturated heterocycles. The number of anilines is 1. The number of benzene rings is 1. The number of pyridine rings is 1. The number of aromatic carboxylic acids is 1. The average molecular weight is 335 g/mol. The van der Waals surface area contributed by atoms with Gasteiger partial charge in [-0.3, -0.25) is 4.98 Å². The van der Waals surface area contributed by atoms with E-state index in [-0.39, 0.29) is 5.56 Å². The van der Waals surface area contributed by atoms with E-state index in [2.05, 4.69) is 39.2 Å². The van der Waals surface area contributed by atoms with Crippen molar-refractivity contribution >= 4 is 27.6 Å². The Balaban J connectivity index is 2.11. The number of hydrogen-bond acceptors (Lipinski definition) is 3. The number of aryl methyl sites for hydroxylation is 1. The van der Waals surface area contributed by atoms with Crippen molar-refractivity contribution in [2.45, 2.75) is 19.9 Å².